The number of aryl methyl sites for hydroxylation is 1. The van der Waals surface area contributed by atoms with Crippen LogP contribution in [-0.2, 0) is 23.1 Å². The molecule has 190 valence electrons. The van der Waals surface area contributed by atoms with Gasteiger partial charge < -0.3 is 19.3 Å². The number of benzene rings is 2. The van der Waals surface area contributed by atoms with E-state index in [-0.39, 0.29) is 12.2 Å². The molecule has 0 bridgehead atoms. The van der Waals surface area contributed by atoms with Gasteiger partial charge in [0, 0.05) is 39.4 Å². The first-order chi connectivity index (χ1) is 16.7. The highest BCUT2D eigenvalue weighted by Crippen LogP contribution is 2.36. The highest BCUT2D eigenvalue weighted by atomic mass is 35.5. The number of para-hydroxylation sites is 1. The van der Waals surface area contributed by atoms with Crippen LogP contribution in [0, 0.1) is 0 Å². The molecule has 0 amide bonds. The van der Waals surface area contributed by atoms with Gasteiger partial charge in [0.25, 0.3) is 0 Å². The Morgan fingerprint density at radius 1 is 1.09 bits per heavy atom. The first kappa shape index (κ1) is 27.2. The quantitative estimate of drug-likeness (QED) is 0.370. The number of ether oxygens (including phenoxy) is 3. The van der Waals surface area contributed by atoms with Crippen molar-refractivity contribution in [1.29, 1.82) is 0 Å². The largest absolute Gasteiger partial charge is 0.437 e. The molecule has 2 aromatic carbocycles. The summed E-state index contributed by atoms with van der Waals surface area (Å²) in [7, 11) is 3.52. The number of halogens is 1. The van der Waals surface area contributed by atoms with Gasteiger partial charge in [0.2, 0.25) is 5.88 Å². The standard InChI is InChI=1S/C27H36ClN3O4/c1-27(2,3)34-19-21(32)17-31(15-16-33-5)18-22-25(20-11-7-6-8-12-20)29-30(4)26(22)35-24-14-10-9-13-23(24)28/h6-14,21,32H,15-19H2,1-5H3/t21-/m0/s1. The second kappa shape index (κ2) is 12.5. The first-order valence-electron chi connectivity index (χ1n) is 11.7. The summed E-state index contributed by atoms with van der Waals surface area (Å²) in [5.74, 6) is 1.15. The first-order valence-corrected chi connectivity index (χ1v) is 12.1. The van der Waals surface area contributed by atoms with E-state index in [2.05, 4.69) is 4.90 Å². The zero-order chi connectivity index (χ0) is 25.4. The maximum absolute atomic E-state index is 10.7. The van der Waals surface area contributed by atoms with Crippen molar-refractivity contribution in [2.24, 2.45) is 7.05 Å². The molecule has 1 N–H and O–H groups in total. The Morgan fingerprint density at radius 2 is 1.77 bits per heavy atom. The molecule has 35 heavy (non-hydrogen) atoms. The van der Waals surface area contributed by atoms with Crippen molar-refractivity contribution in [1.82, 2.24) is 14.7 Å². The number of hydrogen-bond acceptors (Lipinski definition) is 6. The number of hydrogen-bond donors (Lipinski definition) is 1. The van der Waals surface area contributed by atoms with Crippen LogP contribution in [-0.4, -0.2) is 64.9 Å². The third-order valence-electron chi connectivity index (χ3n) is 5.35. The summed E-state index contributed by atoms with van der Waals surface area (Å²) in [4.78, 5) is 2.13. The topological polar surface area (TPSA) is 69.0 Å². The molecule has 0 saturated heterocycles. The second-order valence-electron chi connectivity index (χ2n) is 9.46. The predicted octanol–water partition coefficient (Wildman–Crippen LogP) is 5.16. The Labute approximate surface area is 213 Å². The number of nitrogens with zero attached hydrogens (tertiary/aromatic N) is 3. The summed E-state index contributed by atoms with van der Waals surface area (Å²) in [6, 6.07) is 17.4. The Hall–Kier alpha value is -2.42. The Morgan fingerprint density at radius 3 is 2.43 bits per heavy atom. The summed E-state index contributed by atoms with van der Waals surface area (Å²) in [6.45, 7) is 8.22. The molecule has 7 nitrogen and oxygen atoms in total. The maximum atomic E-state index is 10.7. The third kappa shape index (κ3) is 8.05. The summed E-state index contributed by atoms with van der Waals surface area (Å²) in [5, 5.41) is 16.0. The maximum Gasteiger partial charge on any atom is 0.222 e. The molecule has 0 fully saturated rings. The molecular formula is C27H36ClN3O4. The van der Waals surface area contributed by atoms with Gasteiger partial charge in [-0.25, -0.2) is 4.68 Å². The number of rotatable bonds is 12. The van der Waals surface area contributed by atoms with Gasteiger partial charge in [0.15, 0.2) is 0 Å². The zero-order valence-corrected chi connectivity index (χ0v) is 22.0. The lowest BCUT2D eigenvalue weighted by Gasteiger charge is -2.27. The molecule has 0 saturated carbocycles. The molecule has 0 aliphatic carbocycles. The molecule has 3 rings (SSSR count). The number of aromatic nitrogens is 2. The Balaban J connectivity index is 1.94. The highest BCUT2D eigenvalue weighted by Gasteiger charge is 2.24. The van der Waals surface area contributed by atoms with E-state index in [0.29, 0.717) is 42.9 Å². The zero-order valence-electron chi connectivity index (χ0n) is 21.2. The second-order valence-corrected chi connectivity index (χ2v) is 9.87. The van der Waals surface area contributed by atoms with Crippen molar-refractivity contribution in [2.45, 2.75) is 39.0 Å². The van der Waals surface area contributed by atoms with Crippen molar-refractivity contribution >= 4 is 11.6 Å². The number of aliphatic hydroxyl groups is 1. The average molecular weight is 502 g/mol. The van der Waals surface area contributed by atoms with E-state index in [0.717, 1.165) is 16.8 Å². The van der Waals surface area contributed by atoms with Crippen LogP contribution in [0.5, 0.6) is 11.6 Å². The molecule has 0 aliphatic heterocycles. The van der Waals surface area contributed by atoms with Crippen LogP contribution in [0.3, 0.4) is 0 Å². The molecule has 0 aliphatic rings. The van der Waals surface area contributed by atoms with Crippen molar-refractivity contribution in [2.75, 3.05) is 33.4 Å². The van der Waals surface area contributed by atoms with Gasteiger partial charge in [0.1, 0.15) is 11.4 Å². The Kier molecular flexibility index (Phi) is 9.71. The minimum atomic E-state index is -0.657. The minimum Gasteiger partial charge on any atom is -0.437 e. The van der Waals surface area contributed by atoms with E-state index in [4.69, 9.17) is 30.9 Å². The summed E-state index contributed by atoms with van der Waals surface area (Å²) >= 11 is 6.39. The van der Waals surface area contributed by atoms with Crippen LogP contribution in [0.15, 0.2) is 54.6 Å². The molecule has 8 heteroatoms. The van der Waals surface area contributed by atoms with Crippen LogP contribution >= 0.6 is 11.6 Å². The molecule has 3 aromatic rings. The van der Waals surface area contributed by atoms with Crippen LogP contribution in [0.4, 0.5) is 0 Å². The fraction of sp³-hybridized carbons (Fsp3) is 0.444. The minimum absolute atomic E-state index is 0.245. The predicted molar refractivity (Wildman–Crippen MR) is 139 cm³/mol. The smallest absolute Gasteiger partial charge is 0.222 e. The molecule has 0 radical (unpaired) electrons. The monoisotopic (exact) mass is 501 g/mol. The third-order valence-corrected chi connectivity index (χ3v) is 5.66. The fourth-order valence-corrected chi connectivity index (χ4v) is 3.83. The molecule has 1 heterocycles. The van der Waals surface area contributed by atoms with E-state index >= 15 is 0 Å². The summed E-state index contributed by atoms with van der Waals surface area (Å²) in [5.41, 5.74) is 2.38. The van der Waals surface area contributed by atoms with Crippen molar-refractivity contribution < 1.29 is 19.3 Å². The van der Waals surface area contributed by atoms with Crippen molar-refractivity contribution in [3.63, 3.8) is 0 Å². The van der Waals surface area contributed by atoms with Crippen molar-refractivity contribution in [3.8, 4) is 22.9 Å². The lowest BCUT2D eigenvalue weighted by molar-refractivity contribution is -0.0576. The molecule has 1 atom stereocenters. The van der Waals surface area contributed by atoms with Gasteiger partial charge in [-0.05, 0) is 32.9 Å². The van der Waals surface area contributed by atoms with E-state index in [1.165, 1.54) is 0 Å². The molecule has 0 unspecified atom stereocenters. The fourth-order valence-electron chi connectivity index (χ4n) is 3.66. The van der Waals surface area contributed by atoms with Gasteiger partial charge in [-0.1, -0.05) is 54.1 Å². The van der Waals surface area contributed by atoms with E-state index in [1.54, 1.807) is 17.9 Å². The molecular weight excluding hydrogens is 466 g/mol. The van der Waals surface area contributed by atoms with Crippen LogP contribution < -0.4 is 4.74 Å². The van der Waals surface area contributed by atoms with Gasteiger partial charge >= 0.3 is 0 Å². The van der Waals surface area contributed by atoms with Gasteiger partial charge in [-0.3, -0.25) is 4.90 Å². The lowest BCUT2D eigenvalue weighted by Crippen LogP contribution is -2.38. The lowest BCUT2D eigenvalue weighted by atomic mass is 10.1. The van der Waals surface area contributed by atoms with Crippen LogP contribution in [0.1, 0.15) is 26.3 Å². The van der Waals surface area contributed by atoms with Crippen LogP contribution in [0.2, 0.25) is 5.02 Å². The van der Waals surface area contributed by atoms with Crippen LogP contribution in [0.25, 0.3) is 11.3 Å². The van der Waals surface area contributed by atoms with E-state index < -0.39 is 6.10 Å². The van der Waals surface area contributed by atoms with Gasteiger partial charge in [-0.15, -0.1) is 0 Å². The number of aliphatic hydroxyl groups excluding tert-OH is 1. The van der Waals surface area contributed by atoms with E-state index in [1.807, 2.05) is 76.3 Å². The summed E-state index contributed by atoms with van der Waals surface area (Å²) in [6.07, 6.45) is -0.657. The average Bonchev–Trinajstić information content (AvgIpc) is 3.12. The van der Waals surface area contributed by atoms with Gasteiger partial charge in [-0.2, -0.15) is 5.10 Å². The molecule has 0 spiro atoms. The SMILES string of the molecule is COCCN(Cc1c(-c2ccccc2)nn(C)c1Oc1ccccc1Cl)C[C@H](O)COC(C)(C)C. The normalized spacial score (nSPS) is 12.8. The Bertz CT molecular complexity index is 1070. The number of methoxy groups -OCH3 is 1. The van der Waals surface area contributed by atoms with E-state index in [9.17, 15) is 5.11 Å². The summed E-state index contributed by atoms with van der Waals surface area (Å²) < 4.78 is 19.2. The van der Waals surface area contributed by atoms with Crippen molar-refractivity contribution in [3.05, 3.63) is 65.2 Å². The molecule has 1 aromatic heterocycles. The van der Waals surface area contributed by atoms with Gasteiger partial charge in [0.05, 0.1) is 35.5 Å². The highest BCUT2D eigenvalue weighted by molar-refractivity contribution is 6.32.